The van der Waals surface area contributed by atoms with Gasteiger partial charge in [0.1, 0.15) is 6.61 Å². The molecule has 1 unspecified atom stereocenters. The molecule has 154 valence electrons. The topological polar surface area (TPSA) is 86.2 Å². The van der Waals surface area contributed by atoms with Gasteiger partial charge in [-0.1, -0.05) is 28.8 Å². The second-order valence-corrected chi connectivity index (χ2v) is 8.92. The van der Waals surface area contributed by atoms with Crippen molar-refractivity contribution in [2.24, 2.45) is 5.92 Å². The van der Waals surface area contributed by atoms with Crippen molar-refractivity contribution >= 4 is 34.0 Å². The number of carbonyl (C=O) groups excluding carboxylic acids is 1. The quantitative estimate of drug-likeness (QED) is 0.618. The third kappa shape index (κ3) is 3.78. The van der Waals surface area contributed by atoms with Crippen LogP contribution in [0.2, 0.25) is 5.02 Å². The predicted molar refractivity (Wildman–Crippen MR) is 113 cm³/mol. The Morgan fingerprint density at radius 3 is 3.00 bits per heavy atom. The molecule has 2 aliphatic rings. The molecule has 5 rings (SSSR count). The summed E-state index contributed by atoms with van der Waals surface area (Å²) in [6.07, 6.45) is 5.43. The van der Waals surface area contributed by atoms with E-state index in [0.717, 1.165) is 37.2 Å². The van der Waals surface area contributed by atoms with E-state index in [1.807, 2.05) is 18.3 Å². The van der Waals surface area contributed by atoms with Crippen molar-refractivity contribution in [3.8, 4) is 5.19 Å². The van der Waals surface area contributed by atoms with Gasteiger partial charge >= 0.3 is 0 Å². The number of rotatable bonds is 6. The van der Waals surface area contributed by atoms with Gasteiger partial charge in [0.15, 0.2) is 0 Å². The number of amides is 1. The fraction of sp³-hybridized carbons (Fsp3) is 0.333. The fourth-order valence-electron chi connectivity index (χ4n) is 4.05. The summed E-state index contributed by atoms with van der Waals surface area (Å²) in [6.45, 7) is 1.82. The summed E-state index contributed by atoms with van der Waals surface area (Å²) < 4.78 is 11.2. The van der Waals surface area contributed by atoms with Gasteiger partial charge in [-0.2, -0.15) is 0 Å². The zero-order valence-corrected chi connectivity index (χ0v) is 17.6. The minimum Gasteiger partial charge on any atom is -0.464 e. The lowest BCUT2D eigenvalue weighted by Gasteiger charge is -2.24. The largest absolute Gasteiger partial charge is 0.464 e. The SMILES string of the molecule is O=C(Nc1nnc(OCc2ccc(Cl)cc2)s1)c1ccncc1C12CCOC[C@H]1C2. The van der Waals surface area contributed by atoms with E-state index in [2.05, 4.69) is 20.5 Å². The van der Waals surface area contributed by atoms with Crippen LogP contribution in [-0.2, 0) is 16.8 Å². The highest BCUT2D eigenvalue weighted by Crippen LogP contribution is 2.59. The number of nitrogens with one attached hydrogen (secondary N) is 1. The Balaban J connectivity index is 1.26. The van der Waals surface area contributed by atoms with E-state index >= 15 is 0 Å². The van der Waals surface area contributed by atoms with E-state index in [9.17, 15) is 4.79 Å². The molecule has 1 aromatic carbocycles. The van der Waals surface area contributed by atoms with Gasteiger partial charge in [-0.25, -0.2) is 0 Å². The molecule has 1 N–H and O–H groups in total. The number of fused-ring (bicyclic) bond motifs is 1. The van der Waals surface area contributed by atoms with Gasteiger partial charge in [0, 0.05) is 35.0 Å². The first-order valence-electron chi connectivity index (χ1n) is 9.68. The number of anilines is 1. The Bertz CT molecular complexity index is 1070. The van der Waals surface area contributed by atoms with Crippen LogP contribution in [0.15, 0.2) is 42.7 Å². The average molecular weight is 443 g/mol. The summed E-state index contributed by atoms with van der Waals surface area (Å²) in [5.74, 6) is 0.260. The Morgan fingerprint density at radius 2 is 2.17 bits per heavy atom. The molecule has 2 aromatic heterocycles. The van der Waals surface area contributed by atoms with Crippen LogP contribution in [0.4, 0.5) is 5.13 Å². The normalized spacial score (nSPS) is 22.2. The fourth-order valence-corrected chi connectivity index (χ4v) is 4.76. The first-order chi connectivity index (χ1) is 14.6. The van der Waals surface area contributed by atoms with Crippen molar-refractivity contribution in [1.29, 1.82) is 0 Å². The van der Waals surface area contributed by atoms with E-state index in [0.29, 0.717) is 33.4 Å². The zero-order chi connectivity index (χ0) is 20.6. The molecular formula is C21H19ClN4O3S. The molecule has 1 aliphatic carbocycles. The molecule has 3 aromatic rings. The maximum atomic E-state index is 13.0. The first-order valence-corrected chi connectivity index (χ1v) is 10.9. The van der Waals surface area contributed by atoms with Crippen LogP contribution in [0.1, 0.15) is 34.3 Å². The highest BCUT2D eigenvalue weighted by molar-refractivity contribution is 7.17. The van der Waals surface area contributed by atoms with E-state index in [4.69, 9.17) is 21.1 Å². The van der Waals surface area contributed by atoms with E-state index in [1.54, 1.807) is 24.4 Å². The molecule has 1 amide bonds. The van der Waals surface area contributed by atoms with Crippen molar-refractivity contribution in [1.82, 2.24) is 15.2 Å². The lowest BCUT2D eigenvalue weighted by molar-refractivity contribution is 0.0796. The molecule has 1 saturated carbocycles. The number of nitrogens with zero attached hydrogens (tertiary/aromatic N) is 3. The van der Waals surface area contributed by atoms with Crippen molar-refractivity contribution in [2.75, 3.05) is 18.5 Å². The molecule has 7 nitrogen and oxygen atoms in total. The molecular weight excluding hydrogens is 424 g/mol. The summed E-state index contributed by atoms with van der Waals surface area (Å²) >= 11 is 7.08. The molecule has 9 heteroatoms. The van der Waals surface area contributed by atoms with Gasteiger partial charge < -0.3 is 9.47 Å². The second-order valence-electron chi connectivity index (χ2n) is 7.55. The maximum absolute atomic E-state index is 13.0. The Kier molecular flexibility index (Phi) is 5.14. The van der Waals surface area contributed by atoms with Gasteiger partial charge in [-0.3, -0.25) is 15.1 Å². The molecule has 0 bridgehead atoms. The summed E-state index contributed by atoms with van der Waals surface area (Å²) in [6, 6.07) is 9.15. The Hall–Kier alpha value is -2.55. The molecule has 2 atom stereocenters. The van der Waals surface area contributed by atoms with Crippen LogP contribution in [0.25, 0.3) is 0 Å². The van der Waals surface area contributed by atoms with Gasteiger partial charge in [-0.05, 0) is 59.4 Å². The minimum atomic E-state index is -0.209. The third-order valence-corrected chi connectivity index (χ3v) is 6.75. The number of ether oxygens (including phenoxy) is 2. The molecule has 2 fully saturated rings. The number of hydrogen-bond donors (Lipinski definition) is 1. The van der Waals surface area contributed by atoms with Crippen molar-refractivity contribution < 1.29 is 14.3 Å². The number of hydrogen-bond acceptors (Lipinski definition) is 7. The highest BCUT2D eigenvalue weighted by atomic mass is 35.5. The first kappa shape index (κ1) is 19.4. The van der Waals surface area contributed by atoms with Gasteiger partial charge in [0.05, 0.1) is 6.61 Å². The lowest BCUT2D eigenvalue weighted by atomic mass is 9.87. The molecule has 0 radical (unpaired) electrons. The van der Waals surface area contributed by atoms with E-state index in [1.165, 1.54) is 11.3 Å². The summed E-state index contributed by atoms with van der Waals surface area (Å²) in [7, 11) is 0. The van der Waals surface area contributed by atoms with Crippen molar-refractivity contribution in [3.05, 3.63) is 64.4 Å². The summed E-state index contributed by atoms with van der Waals surface area (Å²) in [5.41, 5.74) is 2.62. The van der Waals surface area contributed by atoms with Crippen LogP contribution >= 0.6 is 22.9 Å². The standard InChI is InChI=1S/C21H19ClN4O3S/c22-15-3-1-13(2-4-15)11-29-20-26-25-19(30-20)24-18(27)16-5-7-23-10-17(16)21-6-8-28-12-14(21)9-21/h1-5,7,10,14H,6,8-9,11-12H2,(H,24,25,27)/t14-,21?/m1/s1. The van der Waals surface area contributed by atoms with Crippen LogP contribution in [-0.4, -0.2) is 34.3 Å². The number of carbonyl (C=O) groups is 1. The maximum Gasteiger partial charge on any atom is 0.296 e. The molecule has 1 saturated heterocycles. The van der Waals surface area contributed by atoms with Crippen molar-refractivity contribution in [2.45, 2.75) is 24.9 Å². The minimum absolute atomic E-state index is 0.0210. The van der Waals surface area contributed by atoms with Gasteiger partial charge in [-0.15, -0.1) is 5.10 Å². The Morgan fingerprint density at radius 1 is 1.30 bits per heavy atom. The highest BCUT2D eigenvalue weighted by Gasteiger charge is 2.57. The average Bonchev–Trinajstić information content (AvgIpc) is 3.37. The zero-order valence-electron chi connectivity index (χ0n) is 16.0. The van der Waals surface area contributed by atoms with Gasteiger partial charge in [0.25, 0.3) is 11.1 Å². The molecule has 3 heterocycles. The van der Waals surface area contributed by atoms with Crippen LogP contribution in [0.5, 0.6) is 5.19 Å². The number of halogens is 1. The Labute approximate surface area is 182 Å². The second kappa shape index (κ2) is 7.94. The van der Waals surface area contributed by atoms with E-state index < -0.39 is 0 Å². The third-order valence-electron chi connectivity index (χ3n) is 5.75. The monoisotopic (exact) mass is 442 g/mol. The van der Waals surface area contributed by atoms with Crippen LogP contribution in [0.3, 0.4) is 0 Å². The summed E-state index contributed by atoms with van der Waals surface area (Å²) in [4.78, 5) is 17.2. The van der Waals surface area contributed by atoms with Gasteiger partial charge in [0.2, 0.25) is 5.13 Å². The van der Waals surface area contributed by atoms with Crippen LogP contribution in [0, 0.1) is 5.92 Å². The predicted octanol–water partition coefficient (Wildman–Crippen LogP) is 4.10. The smallest absolute Gasteiger partial charge is 0.296 e. The molecule has 1 aliphatic heterocycles. The lowest BCUT2D eigenvalue weighted by Crippen LogP contribution is -2.25. The van der Waals surface area contributed by atoms with E-state index in [-0.39, 0.29) is 11.3 Å². The van der Waals surface area contributed by atoms with Crippen molar-refractivity contribution in [3.63, 3.8) is 0 Å². The van der Waals surface area contributed by atoms with Crippen LogP contribution < -0.4 is 10.1 Å². The molecule has 30 heavy (non-hydrogen) atoms. The number of aromatic nitrogens is 3. The number of benzene rings is 1. The molecule has 0 spiro atoms. The summed E-state index contributed by atoms with van der Waals surface area (Å²) in [5, 5.41) is 12.3. The number of pyridine rings is 1.